The molecule has 1 rings (SSSR count). The number of hydrogen-bond acceptors (Lipinski definition) is 3. The van der Waals surface area contributed by atoms with Crippen LogP contribution in [0, 0.1) is 0 Å². The Labute approximate surface area is 104 Å². The van der Waals surface area contributed by atoms with Crippen LogP contribution in [0.1, 0.15) is 25.5 Å². The molecule has 4 nitrogen and oxygen atoms in total. The summed E-state index contributed by atoms with van der Waals surface area (Å²) in [5.41, 5.74) is 0.577. The zero-order valence-corrected chi connectivity index (χ0v) is 10.6. The van der Waals surface area contributed by atoms with E-state index in [0.29, 0.717) is 5.56 Å². The minimum atomic E-state index is -1.06. The molecule has 0 spiro atoms. The van der Waals surface area contributed by atoms with E-state index in [-0.39, 0.29) is 5.91 Å². The molecule has 92 valence electrons. The Bertz CT molecular complexity index is 403. The average Bonchev–Trinajstić information content (AvgIpc) is 2.27. The third-order valence-electron chi connectivity index (χ3n) is 2.12. The first kappa shape index (κ1) is 13.6. The number of rotatable bonds is 5. The van der Waals surface area contributed by atoms with Crippen LogP contribution in [0.3, 0.4) is 0 Å². The largest absolute Gasteiger partial charge is 0.479 e. The maximum atomic E-state index is 11.0. The van der Waals surface area contributed by atoms with Gasteiger partial charge in [0.15, 0.2) is 6.04 Å². The topological polar surface area (TPSA) is 66.4 Å². The van der Waals surface area contributed by atoms with Gasteiger partial charge < -0.3 is 10.4 Å². The highest BCUT2D eigenvalue weighted by Crippen LogP contribution is 2.21. The first-order chi connectivity index (χ1) is 8.04. The summed E-state index contributed by atoms with van der Waals surface area (Å²) in [6.45, 7) is 3.35. The molecule has 0 heterocycles. The zero-order chi connectivity index (χ0) is 12.8. The van der Waals surface area contributed by atoms with Gasteiger partial charge in [0.1, 0.15) is 0 Å². The number of carbonyl (C=O) groups excluding carboxylic acids is 1. The van der Waals surface area contributed by atoms with Crippen molar-refractivity contribution in [2.45, 2.75) is 24.8 Å². The lowest BCUT2D eigenvalue weighted by Gasteiger charge is -2.13. The van der Waals surface area contributed by atoms with Crippen molar-refractivity contribution in [2.24, 2.45) is 0 Å². The monoisotopic (exact) mass is 253 g/mol. The molecule has 0 fully saturated rings. The standard InChI is InChI=1S/C12H15NO3S/c1-3-17-10-6-4-9(5-7-10)11(12(15)16)13-8(2)14/h4-7,11H,3H2,1-2H3,(H,13,14)(H,15,16). The van der Waals surface area contributed by atoms with Crippen LogP contribution in [-0.2, 0) is 9.59 Å². The van der Waals surface area contributed by atoms with Gasteiger partial charge in [0.2, 0.25) is 5.91 Å². The van der Waals surface area contributed by atoms with E-state index in [1.807, 2.05) is 12.1 Å². The average molecular weight is 253 g/mol. The van der Waals surface area contributed by atoms with Crippen LogP contribution in [-0.4, -0.2) is 22.7 Å². The Morgan fingerprint density at radius 1 is 1.35 bits per heavy atom. The van der Waals surface area contributed by atoms with E-state index in [0.717, 1.165) is 10.6 Å². The van der Waals surface area contributed by atoms with Crippen LogP contribution in [0.15, 0.2) is 29.2 Å². The number of carboxylic acid groups (broad SMARTS) is 1. The molecule has 0 aliphatic rings. The minimum absolute atomic E-state index is 0.357. The van der Waals surface area contributed by atoms with Gasteiger partial charge in [-0.15, -0.1) is 11.8 Å². The molecule has 0 aliphatic heterocycles. The number of amides is 1. The van der Waals surface area contributed by atoms with Crippen LogP contribution in [0.5, 0.6) is 0 Å². The van der Waals surface area contributed by atoms with Crippen molar-refractivity contribution < 1.29 is 14.7 Å². The summed E-state index contributed by atoms with van der Waals surface area (Å²) in [6, 6.07) is 6.20. The molecule has 5 heteroatoms. The smallest absolute Gasteiger partial charge is 0.330 e. The molecule has 2 N–H and O–H groups in total. The van der Waals surface area contributed by atoms with E-state index in [2.05, 4.69) is 12.2 Å². The summed E-state index contributed by atoms with van der Waals surface area (Å²) < 4.78 is 0. The van der Waals surface area contributed by atoms with Gasteiger partial charge >= 0.3 is 5.97 Å². The molecule has 0 bridgehead atoms. The molecule has 1 unspecified atom stereocenters. The van der Waals surface area contributed by atoms with Gasteiger partial charge in [-0.05, 0) is 23.4 Å². The highest BCUT2D eigenvalue weighted by Gasteiger charge is 2.20. The van der Waals surface area contributed by atoms with Crippen LogP contribution in [0.4, 0.5) is 0 Å². The number of carbonyl (C=O) groups is 2. The second kappa shape index (κ2) is 6.30. The van der Waals surface area contributed by atoms with E-state index < -0.39 is 12.0 Å². The summed E-state index contributed by atoms with van der Waals surface area (Å²) in [7, 11) is 0. The highest BCUT2D eigenvalue weighted by atomic mass is 32.2. The lowest BCUT2D eigenvalue weighted by Crippen LogP contribution is -2.31. The fourth-order valence-electron chi connectivity index (χ4n) is 1.41. The molecular weight excluding hydrogens is 238 g/mol. The molecule has 1 amide bonds. The Hall–Kier alpha value is -1.49. The van der Waals surface area contributed by atoms with E-state index >= 15 is 0 Å². The van der Waals surface area contributed by atoms with E-state index in [1.165, 1.54) is 6.92 Å². The molecule has 0 aliphatic carbocycles. The predicted molar refractivity (Wildman–Crippen MR) is 67.0 cm³/mol. The molecule has 0 saturated carbocycles. The van der Waals surface area contributed by atoms with Crippen molar-refractivity contribution in [1.29, 1.82) is 0 Å². The Morgan fingerprint density at radius 2 is 1.94 bits per heavy atom. The van der Waals surface area contributed by atoms with Crippen LogP contribution in [0.2, 0.25) is 0 Å². The molecular formula is C12H15NO3S. The van der Waals surface area contributed by atoms with Crippen molar-refractivity contribution in [3.05, 3.63) is 29.8 Å². The highest BCUT2D eigenvalue weighted by molar-refractivity contribution is 7.99. The van der Waals surface area contributed by atoms with Crippen LogP contribution in [0.25, 0.3) is 0 Å². The number of nitrogens with one attached hydrogen (secondary N) is 1. The first-order valence-electron chi connectivity index (χ1n) is 5.27. The van der Waals surface area contributed by atoms with Crippen LogP contribution >= 0.6 is 11.8 Å². The summed E-state index contributed by atoms with van der Waals surface area (Å²) in [4.78, 5) is 23.0. The lowest BCUT2D eigenvalue weighted by molar-refractivity contribution is -0.141. The number of benzene rings is 1. The number of hydrogen-bond donors (Lipinski definition) is 2. The van der Waals surface area contributed by atoms with Gasteiger partial charge in [-0.25, -0.2) is 4.79 Å². The molecule has 1 aromatic rings. The predicted octanol–water partition coefficient (Wildman–Crippen LogP) is 2.06. The quantitative estimate of drug-likeness (QED) is 0.788. The Balaban J connectivity index is 2.87. The summed E-state index contributed by atoms with van der Waals surface area (Å²) in [5.74, 6) is -0.451. The third-order valence-corrected chi connectivity index (χ3v) is 3.01. The molecule has 1 atom stereocenters. The maximum absolute atomic E-state index is 11.0. The second-order valence-electron chi connectivity index (χ2n) is 3.47. The summed E-state index contributed by atoms with van der Waals surface area (Å²) >= 11 is 1.68. The van der Waals surface area contributed by atoms with Gasteiger partial charge in [0.05, 0.1) is 0 Å². The fraction of sp³-hybridized carbons (Fsp3) is 0.333. The van der Waals surface area contributed by atoms with Crippen molar-refractivity contribution in [3.63, 3.8) is 0 Å². The SMILES string of the molecule is CCSc1ccc(C(NC(C)=O)C(=O)O)cc1. The van der Waals surface area contributed by atoms with Crippen molar-refractivity contribution in [3.8, 4) is 0 Å². The minimum Gasteiger partial charge on any atom is -0.479 e. The third kappa shape index (κ3) is 4.11. The molecule has 17 heavy (non-hydrogen) atoms. The Kier molecular flexibility index (Phi) is 5.03. The van der Waals surface area contributed by atoms with Crippen molar-refractivity contribution in [2.75, 3.05) is 5.75 Å². The van der Waals surface area contributed by atoms with E-state index in [9.17, 15) is 9.59 Å². The number of thioether (sulfide) groups is 1. The van der Waals surface area contributed by atoms with Gasteiger partial charge in [-0.3, -0.25) is 4.79 Å². The zero-order valence-electron chi connectivity index (χ0n) is 9.77. The maximum Gasteiger partial charge on any atom is 0.330 e. The number of aliphatic carboxylic acids is 1. The fourth-order valence-corrected chi connectivity index (χ4v) is 2.08. The van der Waals surface area contributed by atoms with Gasteiger partial charge in [-0.1, -0.05) is 19.1 Å². The van der Waals surface area contributed by atoms with Gasteiger partial charge in [0, 0.05) is 11.8 Å². The summed E-state index contributed by atoms with van der Waals surface area (Å²) in [5, 5.41) is 11.4. The summed E-state index contributed by atoms with van der Waals surface area (Å²) in [6.07, 6.45) is 0. The molecule has 0 radical (unpaired) electrons. The molecule has 0 aromatic heterocycles. The van der Waals surface area contributed by atoms with Gasteiger partial charge in [0.25, 0.3) is 0 Å². The first-order valence-corrected chi connectivity index (χ1v) is 6.25. The van der Waals surface area contributed by atoms with E-state index in [1.54, 1.807) is 23.9 Å². The normalized spacial score (nSPS) is 11.9. The van der Waals surface area contributed by atoms with Crippen molar-refractivity contribution >= 4 is 23.6 Å². The Morgan fingerprint density at radius 3 is 2.35 bits per heavy atom. The van der Waals surface area contributed by atoms with Crippen molar-refractivity contribution in [1.82, 2.24) is 5.32 Å². The van der Waals surface area contributed by atoms with Gasteiger partial charge in [-0.2, -0.15) is 0 Å². The lowest BCUT2D eigenvalue weighted by atomic mass is 10.1. The second-order valence-corrected chi connectivity index (χ2v) is 4.81. The molecule has 1 aromatic carbocycles. The van der Waals surface area contributed by atoms with E-state index in [4.69, 9.17) is 5.11 Å². The molecule has 0 saturated heterocycles. The van der Waals surface area contributed by atoms with Crippen LogP contribution < -0.4 is 5.32 Å². The number of carboxylic acids is 1.